The molecule has 0 aromatic rings. The molecule has 5 heteroatoms. The zero-order valence-corrected chi connectivity index (χ0v) is 11.1. The summed E-state index contributed by atoms with van der Waals surface area (Å²) in [5.41, 5.74) is -0.696. The van der Waals surface area contributed by atoms with Gasteiger partial charge in [0.2, 0.25) is 0 Å². The maximum absolute atomic E-state index is 11.5. The van der Waals surface area contributed by atoms with Crippen LogP contribution >= 0.6 is 0 Å². The second kappa shape index (κ2) is 5.99. The number of methoxy groups -OCH3 is 1. The first-order valence-corrected chi connectivity index (χ1v) is 6.72. The Morgan fingerprint density at radius 1 is 1.50 bits per heavy atom. The number of carbonyl (C=O) groups is 1. The van der Waals surface area contributed by atoms with Crippen molar-refractivity contribution >= 4 is 5.97 Å². The Labute approximate surface area is 108 Å². The Hall–Kier alpha value is -0.650. The fourth-order valence-electron chi connectivity index (χ4n) is 2.94. The van der Waals surface area contributed by atoms with Gasteiger partial charge in [-0.2, -0.15) is 0 Å². The van der Waals surface area contributed by atoms with Crippen molar-refractivity contribution in [2.24, 2.45) is 5.41 Å². The van der Waals surface area contributed by atoms with Gasteiger partial charge in [-0.15, -0.1) is 0 Å². The fourth-order valence-corrected chi connectivity index (χ4v) is 2.94. The van der Waals surface area contributed by atoms with Gasteiger partial charge in [0.15, 0.2) is 0 Å². The molecule has 1 unspecified atom stereocenters. The minimum absolute atomic E-state index is 0.338. The van der Waals surface area contributed by atoms with Gasteiger partial charge >= 0.3 is 5.97 Å². The number of carboxylic acids is 1. The van der Waals surface area contributed by atoms with Gasteiger partial charge in [-0.3, -0.25) is 4.79 Å². The maximum atomic E-state index is 11.5. The summed E-state index contributed by atoms with van der Waals surface area (Å²) in [5, 5.41) is 9.49. The molecule has 1 N–H and O–H groups in total. The van der Waals surface area contributed by atoms with Crippen LogP contribution in [0.1, 0.15) is 25.7 Å². The Bertz CT molecular complexity index is 281. The van der Waals surface area contributed by atoms with Crippen LogP contribution in [-0.4, -0.2) is 62.0 Å². The third-order valence-corrected chi connectivity index (χ3v) is 4.17. The molecule has 0 bridgehead atoms. The first-order valence-electron chi connectivity index (χ1n) is 6.72. The summed E-state index contributed by atoms with van der Waals surface area (Å²) in [7, 11) is 1.74. The molecular formula is C13H23NO4. The quantitative estimate of drug-likeness (QED) is 0.813. The van der Waals surface area contributed by atoms with Gasteiger partial charge < -0.3 is 19.5 Å². The number of aliphatic carboxylic acids is 1. The van der Waals surface area contributed by atoms with Crippen LogP contribution in [0.25, 0.3) is 0 Å². The van der Waals surface area contributed by atoms with E-state index in [1.54, 1.807) is 7.11 Å². The smallest absolute Gasteiger partial charge is 0.313 e. The van der Waals surface area contributed by atoms with Gasteiger partial charge in [-0.1, -0.05) is 0 Å². The molecule has 1 atom stereocenters. The highest BCUT2D eigenvalue weighted by molar-refractivity contribution is 5.75. The highest BCUT2D eigenvalue weighted by atomic mass is 16.5. The lowest BCUT2D eigenvalue weighted by Crippen LogP contribution is -2.50. The molecule has 0 saturated carbocycles. The molecule has 2 rings (SSSR count). The predicted octanol–water partition coefficient (Wildman–Crippen LogP) is 0.979. The lowest BCUT2D eigenvalue weighted by atomic mass is 9.81. The third kappa shape index (κ3) is 3.02. The van der Waals surface area contributed by atoms with Crippen molar-refractivity contribution in [1.29, 1.82) is 0 Å². The Morgan fingerprint density at radius 2 is 2.22 bits per heavy atom. The first-order chi connectivity index (χ1) is 8.66. The van der Waals surface area contributed by atoms with Crippen LogP contribution in [-0.2, 0) is 14.3 Å². The zero-order chi connectivity index (χ0) is 13.0. The maximum Gasteiger partial charge on any atom is 0.313 e. The van der Waals surface area contributed by atoms with E-state index in [-0.39, 0.29) is 0 Å². The van der Waals surface area contributed by atoms with Crippen molar-refractivity contribution in [2.45, 2.75) is 31.8 Å². The van der Waals surface area contributed by atoms with Crippen molar-refractivity contribution in [2.75, 3.05) is 40.0 Å². The molecule has 2 fully saturated rings. The average molecular weight is 257 g/mol. The molecule has 18 heavy (non-hydrogen) atoms. The van der Waals surface area contributed by atoms with E-state index in [1.807, 2.05) is 0 Å². The van der Waals surface area contributed by atoms with E-state index in [1.165, 1.54) is 0 Å². The fraction of sp³-hybridized carbons (Fsp3) is 0.923. The van der Waals surface area contributed by atoms with Crippen LogP contribution < -0.4 is 0 Å². The van der Waals surface area contributed by atoms with Crippen molar-refractivity contribution in [3.63, 3.8) is 0 Å². The molecule has 0 amide bonds. The van der Waals surface area contributed by atoms with Crippen molar-refractivity contribution in [1.82, 2.24) is 4.90 Å². The predicted molar refractivity (Wildman–Crippen MR) is 66.6 cm³/mol. The number of piperidine rings is 1. The number of ether oxygens (including phenoxy) is 2. The second-order valence-corrected chi connectivity index (χ2v) is 5.45. The molecule has 2 heterocycles. The summed E-state index contributed by atoms with van der Waals surface area (Å²) in [6, 6.07) is 0. The molecule has 2 saturated heterocycles. The van der Waals surface area contributed by atoms with Gasteiger partial charge in [0.05, 0.1) is 12.7 Å². The first kappa shape index (κ1) is 13.8. The zero-order valence-electron chi connectivity index (χ0n) is 11.1. The number of hydrogen-bond donors (Lipinski definition) is 1. The minimum atomic E-state index is -0.712. The van der Waals surface area contributed by atoms with Crippen LogP contribution in [0.5, 0.6) is 0 Å². The minimum Gasteiger partial charge on any atom is -0.481 e. The number of likely N-dealkylation sites (tertiary alicyclic amines) is 1. The number of carboxylic acid groups (broad SMARTS) is 1. The molecule has 0 aromatic heterocycles. The number of nitrogens with zero attached hydrogens (tertiary/aromatic N) is 1. The lowest BCUT2D eigenvalue weighted by Gasteiger charge is -2.40. The molecule has 0 radical (unpaired) electrons. The van der Waals surface area contributed by atoms with E-state index in [0.717, 1.165) is 38.8 Å². The van der Waals surface area contributed by atoms with E-state index < -0.39 is 11.4 Å². The normalized spacial score (nSPS) is 31.4. The second-order valence-electron chi connectivity index (χ2n) is 5.45. The summed E-state index contributed by atoms with van der Waals surface area (Å²) >= 11 is 0. The molecule has 104 valence electrons. The monoisotopic (exact) mass is 257 g/mol. The SMILES string of the molecule is COC1CCN(CC2(C(=O)O)CCCOC2)CC1. The molecular weight excluding hydrogens is 234 g/mol. The van der Waals surface area contributed by atoms with Crippen molar-refractivity contribution in [3.05, 3.63) is 0 Å². The summed E-state index contributed by atoms with van der Waals surface area (Å²) in [6.07, 6.45) is 3.90. The topological polar surface area (TPSA) is 59.0 Å². The molecule has 2 aliphatic rings. The molecule has 5 nitrogen and oxygen atoms in total. The van der Waals surface area contributed by atoms with E-state index in [9.17, 15) is 9.90 Å². The standard InChI is InChI=1S/C13H23NO4/c1-17-11-3-6-14(7-4-11)9-13(12(15)16)5-2-8-18-10-13/h11H,2-10H2,1H3,(H,15,16). The van der Waals surface area contributed by atoms with Crippen molar-refractivity contribution in [3.8, 4) is 0 Å². The summed E-state index contributed by atoms with van der Waals surface area (Å²) in [5.74, 6) is -0.712. The van der Waals surface area contributed by atoms with Crippen LogP contribution in [0.2, 0.25) is 0 Å². The Morgan fingerprint density at radius 3 is 2.72 bits per heavy atom. The van der Waals surface area contributed by atoms with Crippen molar-refractivity contribution < 1.29 is 19.4 Å². The van der Waals surface area contributed by atoms with Crippen LogP contribution in [0.15, 0.2) is 0 Å². The molecule has 0 spiro atoms. The Balaban J connectivity index is 1.91. The van der Waals surface area contributed by atoms with Crippen LogP contribution in [0.3, 0.4) is 0 Å². The number of hydrogen-bond acceptors (Lipinski definition) is 4. The summed E-state index contributed by atoms with van der Waals surface area (Å²) < 4.78 is 10.7. The average Bonchev–Trinajstić information content (AvgIpc) is 2.40. The third-order valence-electron chi connectivity index (χ3n) is 4.17. The van der Waals surface area contributed by atoms with Crippen LogP contribution in [0.4, 0.5) is 0 Å². The van der Waals surface area contributed by atoms with Gasteiger partial charge in [-0.05, 0) is 25.7 Å². The van der Waals surface area contributed by atoms with Crippen LogP contribution in [0, 0.1) is 5.41 Å². The van der Waals surface area contributed by atoms with Gasteiger partial charge in [0.25, 0.3) is 0 Å². The highest BCUT2D eigenvalue weighted by Crippen LogP contribution is 2.31. The largest absolute Gasteiger partial charge is 0.481 e. The Kier molecular flexibility index (Phi) is 4.59. The van der Waals surface area contributed by atoms with E-state index in [0.29, 0.717) is 25.9 Å². The van der Waals surface area contributed by atoms with E-state index >= 15 is 0 Å². The highest BCUT2D eigenvalue weighted by Gasteiger charge is 2.42. The summed E-state index contributed by atoms with van der Waals surface area (Å²) in [6.45, 7) is 3.51. The van der Waals surface area contributed by atoms with Gasteiger partial charge in [0.1, 0.15) is 5.41 Å². The number of rotatable bonds is 4. The van der Waals surface area contributed by atoms with Gasteiger partial charge in [0, 0.05) is 33.4 Å². The summed E-state index contributed by atoms with van der Waals surface area (Å²) in [4.78, 5) is 13.8. The van der Waals surface area contributed by atoms with Gasteiger partial charge in [-0.25, -0.2) is 0 Å². The molecule has 2 aliphatic heterocycles. The van der Waals surface area contributed by atoms with E-state index in [2.05, 4.69) is 4.90 Å². The molecule has 0 aliphatic carbocycles. The molecule has 0 aromatic carbocycles. The lowest BCUT2D eigenvalue weighted by molar-refractivity contribution is -0.160. The van der Waals surface area contributed by atoms with E-state index in [4.69, 9.17) is 9.47 Å².